The van der Waals surface area contributed by atoms with Crippen molar-refractivity contribution in [2.24, 2.45) is 5.92 Å². The molecule has 1 aliphatic heterocycles. The summed E-state index contributed by atoms with van der Waals surface area (Å²) in [6.07, 6.45) is 5.05. The molecule has 0 aromatic heterocycles. The van der Waals surface area contributed by atoms with E-state index in [1.54, 1.807) is 0 Å². The molecule has 1 saturated heterocycles. The van der Waals surface area contributed by atoms with Gasteiger partial charge in [-0.15, -0.1) is 0 Å². The zero-order valence-electron chi connectivity index (χ0n) is 12.9. The van der Waals surface area contributed by atoms with Crippen molar-refractivity contribution < 1.29 is 14.7 Å². The van der Waals surface area contributed by atoms with Gasteiger partial charge in [-0.1, -0.05) is 6.92 Å². The van der Waals surface area contributed by atoms with Crippen LogP contribution in [0.5, 0.6) is 0 Å². The van der Waals surface area contributed by atoms with Crippen LogP contribution in [0.2, 0.25) is 0 Å². The van der Waals surface area contributed by atoms with E-state index in [1.807, 2.05) is 11.8 Å². The largest absolute Gasteiger partial charge is 0.481 e. The number of urea groups is 1. The number of carbonyl (C=O) groups is 2. The Morgan fingerprint density at radius 3 is 2.40 bits per heavy atom. The maximum absolute atomic E-state index is 12.2. The lowest BCUT2D eigenvalue weighted by Gasteiger charge is -2.39. The van der Waals surface area contributed by atoms with Crippen LogP contribution in [0.3, 0.4) is 0 Å². The zero-order valence-corrected chi connectivity index (χ0v) is 12.9. The van der Waals surface area contributed by atoms with Crippen molar-refractivity contribution in [1.29, 1.82) is 0 Å². The zero-order chi connectivity index (χ0) is 15.1. The number of likely N-dealkylation sites (tertiary alicyclic amines) is 1. The normalized spacial score (nSPS) is 24.2. The first kappa shape index (κ1) is 16.8. The fourth-order valence-electron chi connectivity index (χ4n) is 2.85. The summed E-state index contributed by atoms with van der Waals surface area (Å²) in [4.78, 5) is 24.6. The number of carbonyl (C=O) groups excluding carboxylic acids is 1. The number of nitrogens with one attached hydrogen (secondary N) is 1. The number of carboxylic acid groups (broad SMARTS) is 1. The highest BCUT2D eigenvalue weighted by Crippen LogP contribution is 2.22. The molecule has 0 aromatic carbocycles. The Balaban J connectivity index is 2.26. The van der Waals surface area contributed by atoms with Crippen molar-refractivity contribution in [2.75, 3.05) is 6.54 Å². The Hall–Kier alpha value is -1.26. The summed E-state index contributed by atoms with van der Waals surface area (Å²) in [7, 11) is 0. The predicted molar refractivity (Wildman–Crippen MR) is 78.7 cm³/mol. The van der Waals surface area contributed by atoms with Gasteiger partial charge in [0, 0.05) is 25.0 Å². The Morgan fingerprint density at radius 1 is 1.25 bits per heavy atom. The molecule has 2 N–H and O–H groups in total. The molecular weight excluding hydrogens is 256 g/mol. The fourth-order valence-corrected chi connectivity index (χ4v) is 2.85. The summed E-state index contributed by atoms with van der Waals surface area (Å²) >= 11 is 0. The first-order valence-electron chi connectivity index (χ1n) is 7.69. The van der Waals surface area contributed by atoms with Crippen molar-refractivity contribution in [2.45, 2.75) is 71.4 Å². The van der Waals surface area contributed by atoms with E-state index in [1.165, 1.54) is 6.42 Å². The van der Waals surface area contributed by atoms with Crippen LogP contribution in [0, 0.1) is 5.92 Å². The lowest BCUT2D eigenvalue weighted by molar-refractivity contribution is -0.137. The van der Waals surface area contributed by atoms with Crippen LogP contribution in [0.15, 0.2) is 0 Å². The number of hydrogen-bond acceptors (Lipinski definition) is 2. The topological polar surface area (TPSA) is 69.6 Å². The minimum Gasteiger partial charge on any atom is -0.481 e. The highest BCUT2D eigenvalue weighted by Gasteiger charge is 2.28. The minimum absolute atomic E-state index is 0.0233. The summed E-state index contributed by atoms with van der Waals surface area (Å²) < 4.78 is 0. The first-order valence-corrected chi connectivity index (χ1v) is 7.69. The van der Waals surface area contributed by atoms with Gasteiger partial charge >= 0.3 is 12.0 Å². The van der Waals surface area contributed by atoms with Crippen molar-refractivity contribution in [3.05, 3.63) is 0 Å². The number of rotatable bonds is 6. The Labute approximate surface area is 121 Å². The van der Waals surface area contributed by atoms with Gasteiger partial charge < -0.3 is 15.3 Å². The van der Waals surface area contributed by atoms with Crippen molar-refractivity contribution in [3.8, 4) is 0 Å². The van der Waals surface area contributed by atoms with E-state index in [-0.39, 0.29) is 12.5 Å². The van der Waals surface area contributed by atoms with Gasteiger partial charge in [0.1, 0.15) is 0 Å². The lowest BCUT2D eigenvalue weighted by Crippen LogP contribution is -2.52. The van der Waals surface area contributed by atoms with Crippen LogP contribution in [-0.2, 0) is 4.79 Å². The minimum atomic E-state index is -0.753. The second-order valence-corrected chi connectivity index (χ2v) is 6.09. The molecule has 1 heterocycles. The maximum Gasteiger partial charge on any atom is 0.317 e. The van der Waals surface area contributed by atoms with E-state index in [0.29, 0.717) is 31.0 Å². The second kappa shape index (κ2) is 8.12. The Bertz CT molecular complexity index is 323. The molecule has 5 nitrogen and oxygen atoms in total. The summed E-state index contributed by atoms with van der Waals surface area (Å²) in [5, 5.41) is 11.6. The van der Waals surface area contributed by atoms with Crippen LogP contribution in [0.25, 0.3) is 0 Å². The predicted octanol–water partition coefficient (Wildman–Crippen LogP) is 2.85. The van der Waals surface area contributed by atoms with E-state index < -0.39 is 5.97 Å². The van der Waals surface area contributed by atoms with Crippen LogP contribution in [-0.4, -0.2) is 40.6 Å². The van der Waals surface area contributed by atoms with E-state index in [4.69, 9.17) is 5.11 Å². The molecule has 1 rings (SSSR count). The number of hydrogen-bond donors (Lipinski definition) is 2. The number of aliphatic carboxylic acids is 1. The molecule has 0 aromatic rings. The molecule has 1 aliphatic rings. The molecule has 2 amide bonds. The molecule has 0 aliphatic carbocycles. The monoisotopic (exact) mass is 284 g/mol. The molecule has 5 heteroatoms. The van der Waals surface area contributed by atoms with Gasteiger partial charge in [0.15, 0.2) is 0 Å². The van der Waals surface area contributed by atoms with Gasteiger partial charge in [0.05, 0.1) is 0 Å². The van der Waals surface area contributed by atoms with Crippen molar-refractivity contribution in [1.82, 2.24) is 10.2 Å². The molecule has 1 unspecified atom stereocenters. The number of piperidine rings is 1. The van der Waals surface area contributed by atoms with E-state index in [0.717, 1.165) is 19.3 Å². The lowest BCUT2D eigenvalue weighted by atomic mass is 9.98. The standard InChI is InChI=1S/C15H28N2O3/c1-11(7-8-14(18)19)9-10-16-15(20)17-12(2)5-4-6-13(17)3/h11-13H,4-10H2,1-3H3,(H,16,20)(H,18,19)/t11?,12-,13+. The quantitative estimate of drug-likeness (QED) is 0.788. The van der Waals surface area contributed by atoms with Gasteiger partial charge in [0.25, 0.3) is 0 Å². The second-order valence-electron chi connectivity index (χ2n) is 6.09. The molecule has 1 fully saturated rings. The fraction of sp³-hybridized carbons (Fsp3) is 0.867. The summed E-state index contributed by atoms with van der Waals surface area (Å²) in [6, 6.07) is 0.640. The third-order valence-corrected chi connectivity index (χ3v) is 4.19. The van der Waals surface area contributed by atoms with Crippen molar-refractivity contribution >= 4 is 12.0 Å². The SMILES string of the molecule is CC(CCNC(=O)N1[C@H](C)CCC[C@@H]1C)CCC(=O)O. The Kier molecular flexibility index (Phi) is 6.82. The molecular formula is C15H28N2O3. The van der Waals surface area contributed by atoms with E-state index in [2.05, 4.69) is 19.2 Å². The molecule has 3 atom stereocenters. The number of nitrogens with zero attached hydrogens (tertiary/aromatic N) is 1. The summed E-state index contributed by atoms with van der Waals surface area (Å²) in [5.41, 5.74) is 0. The van der Waals surface area contributed by atoms with Crippen LogP contribution in [0.4, 0.5) is 4.79 Å². The summed E-state index contributed by atoms with van der Waals surface area (Å²) in [6.45, 7) is 6.85. The van der Waals surface area contributed by atoms with Crippen LogP contribution < -0.4 is 5.32 Å². The molecule has 0 spiro atoms. The highest BCUT2D eigenvalue weighted by molar-refractivity contribution is 5.75. The van der Waals surface area contributed by atoms with E-state index >= 15 is 0 Å². The molecule has 20 heavy (non-hydrogen) atoms. The molecule has 0 saturated carbocycles. The third kappa shape index (κ3) is 5.39. The first-order chi connectivity index (χ1) is 9.41. The molecule has 0 bridgehead atoms. The van der Waals surface area contributed by atoms with Gasteiger partial charge in [-0.05, 0) is 51.9 Å². The highest BCUT2D eigenvalue weighted by atomic mass is 16.4. The molecule has 0 radical (unpaired) electrons. The van der Waals surface area contributed by atoms with Gasteiger partial charge in [-0.2, -0.15) is 0 Å². The van der Waals surface area contributed by atoms with Gasteiger partial charge in [-0.3, -0.25) is 4.79 Å². The van der Waals surface area contributed by atoms with Gasteiger partial charge in [0.2, 0.25) is 0 Å². The third-order valence-electron chi connectivity index (χ3n) is 4.19. The maximum atomic E-state index is 12.2. The molecule has 116 valence electrons. The van der Waals surface area contributed by atoms with Gasteiger partial charge in [-0.25, -0.2) is 4.79 Å². The number of amides is 2. The van der Waals surface area contributed by atoms with Crippen molar-refractivity contribution in [3.63, 3.8) is 0 Å². The smallest absolute Gasteiger partial charge is 0.317 e. The number of carboxylic acids is 1. The van der Waals surface area contributed by atoms with Crippen LogP contribution in [0.1, 0.15) is 59.3 Å². The average molecular weight is 284 g/mol. The Morgan fingerprint density at radius 2 is 1.85 bits per heavy atom. The van der Waals surface area contributed by atoms with Crippen LogP contribution >= 0.6 is 0 Å². The average Bonchev–Trinajstić information content (AvgIpc) is 2.36. The summed E-state index contributed by atoms with van der Waals surface area (Å²) in [5.74, 6) is -0.431. The van der Waals surface area contributed by atoms with E-state index in [9.17, 15) is 9.59 Å².